The number of sulfonamides is 1. The number of carbonyl (C=O) groups excluding carboxylic acids is 1. The van der Waals surface area contributed by atoms with Gasteiger partial charge in [-0.25, -0.2) is 18.4 Å². The number of amides is 1. The number of hydrogen-bond donors (Lipinski definition) is 5. The lowest BCUT2D eigenvalue weighted by Gasteiger charge is -2.15. The number of aromatic nitrogens is 2. The summed E-state index contributed by atoms with van der Waals surface area (Å²) >= 11 is 0. The number of benzene rings is 4. The third-order valence-electron chi connectivity index (χ3n) is 6.46. The van der Waals surface area contributed by atoms with Gasteiger partial charge < -0.3 is 25.8 Å². The van der Waals surface area contributed by atoms with Crippen LogP contribution in [0.2, 0.25) is 0 Å². The van der Waals surface area contributed by atoms with E-state index < -0.39 is 10.0 Å². The van der Waals surface area contributed by atoms with Crippen LogP contribution in [-0.4, -0.2) is 43.1 Å². The first-order valence-electron chi connectivity index (χ1n) is 13.4. The summed E-state index contributed by atoms with van der Waals surface area (Å²) in [5, 5.41) is 19.0. The van der Waals surface area contributed by atoms with E-state index in [4.69, 9.17) is 4.74 Å². The van der Waals surface area contributed by atoms with Crippen molar-refractivity contribution in [1.29, 1.82) is 0 Å². The van der Waals surface area contributed by atoms with Crippen LogP contribution in [0.1, 0.15) is 12.5 Å². The summed E-state index contributed by atoms with van der Waals surface area (Å²) in [5.41, 5.74) is 3.67. The minimum Gasteiger partial charge on any atom is -0.508 e. The number of ether oxygens (including phenoxy) is 1. The molecule has 0 fully saturated rings. The molecule has 0 saturated carbocycles. The maximum absolute atomic E-state index is 13.5. The Morgan fingerprint density at radius 2 is 1.58 bits per heavy atom. The van der Waals surface area contributed by atoms with E-state index in [1.165, 1.54) is 37.4 Å². The highest BCUT2D eigenvalue weighted by Gasteiger charge is 2.20. The zero-order valence-corrected chi connectivity index (χ0v) is 24.3. The molecule has 0 unspecified atom stereocenters. The summed E-state index contributed by atoms with van der Waals surface area (Å²) in [6, 6.07) is 25.2. The zero-order valence-electron chi connectivity index (χ0n) is 23.5. The maximum atomic E-state index is 13.5. The van der Waals surface area contributed by atoms with Crippen LogP contribution in [-0.2, 0) is 21.2 Å². The highest BCUT2D eigenvalue weighted by atomic mass is 32.2. The monoisotopic (exact) mass is 598 g/mol. The summed E-state index contributed by atoms with van der Waals surface area (Å²) < 4.78 is 34.8. The molecule has 0 spiro atoms. The number of rotatable bonds is 11. The Bertz CT molecular complexity index is 1900. The van der Waals surface area contributed by atoms with Gasteiger partial charge in [0, 0.05) is 35.3 Å². The summed E-state index contributed by atoms with van der Waals surface area (Å²) in [4.78, 5) is 21.6. The number of carbonyl (C=O) groups is 1. The van der Waals surface area contributed by atoms with E-state index in [1.807, 2.05) is 31.2 Å². The fraction of sp³-hybridized carbons (Fsp3) is 0.129. The van der Waals surface area contributed by atoms with Crippen LogP contribution in [0.4, 0.5) is 28.7 Å². The van der Waals surface area contributed by atoms with Crippen molar-refractivity contribution in [2.45, 2.75) is 18.2 Å². The van der Waals surface area contributed by atoms with Crippen molar-refractivity contribution in [3.63, 3.8) is 0 Å². The molecule has 0 aliphatic carbocycles. The number of fused-ring (bicyclic) bond motifs is 1. The van der Waals surface area contributed by atoms with Crippen molar-refractivity contribution < 1.29 is 23.1 Å². The van der Waals surface area contributed by atoms with Crippen LogP contribution in [0.25, 0.3) is 11.0 Å². The molecule has 0 aliphatic rings. The molecule has 4 aromatic carbocycles. The van der Waals surface area contributed by atoms with Crippen LogP contribution in [0.15, 0.2) is 95.9 Å². The molecular formula is C31H30N6O5S. The minimum atomic E-state index is -4.17. The molecule has 5 rings (SSSR count). The van der Waals surface area contributed by atoms with Gasteiger partial charge in [0.2, 0.25) is 5.91 Å². The van der Waals surface area contributed by atoms with Gasteiger partial charge in [-0.05, 0) is 48.4 Å². The molecule has 43 heavy (non-hydrogen) atoms. The van der Waals surface area contributed by atoms with Crippen LogP contribution < -0.4 is 25.4 Å². The first-order valence-corrected chi connectivity index (χ1v) is 14.9. The van der Waals surface area contributed by atoms with Gasteiger partial charge in [-0.1, -0.05) is 43.3 Å². The van der Waals surface area contributed by atoms with Crippen molar-refractivity contribution in [3.8, 4) is 11.5 Å². The van der Waals surface area contributed by atoms with E-state index in [-0.39, 0.29) is 34.7 Å². The van der Waals surface area contributed by atoms with Gasteiger partial charge in [-0.15, -0.1) is 0 Å². The average molecular weight is 599 g/mol. The second-order valence-electron chi connectivity index (χ2n) is 9.50. The fourth-order valence-corrected chi connectivity index (χ4v) is 5.43. The topological polar surface area (TPSA) is 155 Å². The molecule has 1 heterocycles. The van der Waals surface area contributed by atoms with E-state index in [2.05, 4.69) is 30.6 Å². The Balaban J connectivity index is 1.37. The molecule has 0 aliphatic heterocycles. The standard InChI is InChI=1S/C31H30N6O5S/c1-3-20-9-4-5-12-26(20)32-19-29(39)33-21-10-8-11-25(17-21)43(40,41)37-31-30(35-27-13-6-7-14-28(27)36-31)34-22-15-23(38)18-24(16-22)42-2/h4-18,32,38H,3,19H2,1-2H3,(H,33,39)(H,34,35)(H,36,37). The number of phenolic OH excluding ortho intramolecular Hbond substituents is 1. The minimum absolute atomic E-state index is 0.00771. The van der Waals surface area contributed by atoms with Crippen LogP contribution in [0.3, 0.4) is 0 Å². The van der Waals surface area contributed by atoms with Gasteiger partial charge in [0.15, 0.2) is 11.6 Å². The first-order chi connectivity index (χ1) is 20.7. The summed E-state index contributed by atoms with van der Waals surface area (Å²) in [6.07, 6.45) is 0.818. The summed E-state index contributed by atoms with van der Waals surface area (Å²) in [5.74, 6) is 0.0530. The Hall–Kier alpha value is -5.36. The average Bonchev–Trinajstić information content (AvgIpc) is 3.00. The molecule has 0 atom stereocenters. The number of nitrogens with zero attached hydrogens (tertiary/aromatic N) is 2. The largest absolute Gasteiger partial charge is 0.508 e. The smallest absolute Gasteiger partial charge is 0.263 e. The second-order valence-corrected chi connectivity index (χ2v) is 11.2. The van der Waals surface area contributed by atoms with Crippen molar-refractivity contribution in [2.75, 3.05) is 34.3 Å². The zero-order chi connectivity index (χ0) is 30.4. The number of aryl methyl sites for hydroxylation is 1. The summed E-state index contributed by atoms with van der Waals surface area (Å²) in [6.45, 7) is 2.04. The van der Waals surface area contributed by atoms with Gasteiger partial charge in [0.25, 0.3) is 10.0 Å². The lowest BCUT2D eigenvalue weighted by molar-refractivity contribution is -0.114. The Morgan fingerprint density at radius 3 is 2.33 bits per heavy atom. The molecule has 5 N–H and O–H groups in total. The van der Waals surface area contributed by atoms with Gasteiger partial charge >= 0.3 is 0 Å². The lowest BCUT2D eigenvalue weighted by atomic mass is 10.1. The molecule has 1 aromatic heterocycles. The number of aromatic hydroxyl groups is 1. The van der Waals surface area contributed by atoms with Gasteiger partial charge in [-0.3, -0.25) is 9.52 Å². The molecule has 5 aromatic rings. The number of nitrogens with one attached hydrogen (secondary N) is 4. The molecule has 0 radical (unpaired) electrons. The number of methoxy groups -OCH3 is 1. The SMILES string of the molecule is CCc1ccccc1NCC(=O)Nc1cccc(S(=O)(=O)Nc2nc3ccccc3nc2Nc2cc(O)cc(OC)c2)c1. The van der Waals surface area contributed by atoms with Crippen molar-refractivity contribution >= 4 is 55.7 Å². The van der Waals surface area contributed by atoms with Crippen molar-refractivity contribution in [1.82, 2.24) is 9.97 Å². The molecule has 1 amide bonds. The van der Waals surface area contributed by atoms with E-state index in [0.717, 1.165) is 17.7 Å². The lowest BCUT2D eigenvalue weighted by Crippen LogP contribution is -2.22. The van der Waals surface area contributed by atoms with E-state index in [0.29, 0.717) is 28.2 Å². The maximum Gasteiger partial charge on any atom is 0.263 e. The molecule has 12 heteroatoms. The molecule has 0 bridgehead atoms. The summed E-state index contributed by atoms with van der Waals surface area (Å²) in [7, 11) is -2.71. The highest BCUT2D eigenvalue weighted by Crippen LogP contribution is 2.31. The molecule has 220 valence electrons. The van der Waals surface area contributed by atoms with Crippen LogP contribution >= 0.6 is 0 Å². The van der Waals surface area contributed by atoms with Gasteiger partial charge in [0.05, 0.1) is 29.6 Å². The predicted octanol–water partition coefficient (Wildman–Crippen LogP) is 5.50. The number of hydrogen-bond acceptors (Lipinski definition) is 9. The van der Waals surface area contributed by atoms with Crippen LogP contribution in [0, 0.1) is 0 Å². The van der Waals surface area contributed by atoms with E-state index in [1.54, 1.807) is 36.4 Å². The van der Waals surface area contributed by atoms with E-state index >= 15 is 0 Å². The third-order valence-corrected chi connectivity index (χ3v) is 7.79. The predicted molar refractivity (Wildman–Crippen MR) is 168 cm³/mol. The first kappa shape index (κ1) is 29.1. The Kier molecular flexibility index (Phi) is 8.58. The quantitative estimate of drug-likeness (QED) is 0.133. The number of anilines is 5. The van der Waals surface area contributed by atoms with Crippen molar-refractivity contribution in [3.05, 3.63) is 96.6 Å². The molecular weight excluding hydrogens is 568 g/mol. The van der Waals surface area contributed by atoms with E-state index in [9.17, 15) is 18.3 Å². The second kappa shape index (κ2) is 12.7. The number of para-hydroxylation sites is 3. The Labute approximate surface area is 249 Å². The fourth-order valence-electron chi connectivity index (χ4n) is 4.38. The highest BCUT2D eigenvalue weighted by molar-refractivity contribution is 7.92. The van der Waals surface area contributed by atoms with Crippen molar-refractivity contribution in [2.24, 2.45) is 0 Å². The molecule has 11 nitrogen and oxygen atoms in total. The van der Waals surface area contributed by atoms with Gasteiger partial charge in [0.1, 0.15) is 11.5 Å². The number of phenols is 1. The van der Waals surface area contributed by atoms with Crippen LogP contribution in [0.5, 0.6) is 11.5 Å². The third kappa shape index (κ3) is 7.11. The molecule has 0 saturated heterocycles. The van der Waals surface area contributed by atoms with Gasteiger partial charge in [-0.2, -0.15) is 0 Å². The normalized spacial score (nSPS) is 11.1. The Morgan fingerprint density at radius 1 is 0.860 bits per heavy atom.